The van der Waals surface area contributed by atoms with Gasteiger partial charge in [-0.3, -0.25) is 4.79 Å². The Bertz CT molecular complexity index is 462. The molecule has 2 N–H and O–H groups in total. The number of benzene rings is 1. The fourth-order valence-electron chi connectivity index (χ4n) is 2.09. The van der Waals surface area contributed by atoms with Crippen LogP contribution < -0.4 is 20.3 Å². The molecule has 1 heterocycles. The maximum absolute atomic E-state index is 12.0. The quantitative estimate of drug-likeness (QED) is 0.860. The third-order valence-corrected chi connectivity index (χ3v) is 3.28. The number of carbonyl (C=O) groups is 1. The largest absolute Gasteiger partial charge is 0.490 e. The van der Waals surface area contributed by atoms with Gasteiger partial charge in [0.1, 0.15) is 12.4 Å². The van der Waals surface area contributed by atoms with E-state index in [1.807, 2.05) is 39.2 Å². The minimum atomic E-state index is -0.0602. The molecule has 0 saturated carbocycles. The predicted molar refractivity (Wildman–Crippen MR) is 76.9 cm³/mol. The highest BCUT2D eigenvalue weighted by atomic mass is 16.5. The first-order valence-electron chi connectivity index (χ1n) is 6.55. The molecule has 1 aromatic carbocycles. The Kier molecular flexibility index (Phi) is 4.27. The summed E-state index contributed by atoms with van der Waals surface area (Å²) in [7, 11) is 3.87. The Hall–Kier alpha value is -1.75. The Labute approximate surface area is 113 Å². The van der Waals surface area contributed by atoms with Crippen LogP contribution in [0.4, 0.5) is 11.4 Å². The van der Waals surface area contributed by atoms with E-state index in [2.05, 4.69) is 15.5 Å². The van der Waals surface area contributed by atoms with Crippen LogP contribution in [0.3, 0.4) is 0 Å². The average molecular weight is 263 g/mol. The zero-order valence-electron chi connectivity index (χ0n) is 11.7. The van der Waals surface area contributed by atoms with Crippen LogP contribution in [0.2, 0.25) is 0 Å². The van der Waals surface area contributed by atoms with Crippen molar-refractivity contribution in [1.29, 1.82) is 0 Å². The molecule has 1 amide bonds. The summed E-state index contributed by atoms with van der Waals surface area (Å²) < 4.78 is 5.58. The normalized spacial score (nSPS) is 15.4. The summed E-state index contributed by atoms with van der Waals surface area (Å²) in [6, 6.07) is 5.74. The highest BCUT2D eigenvalue weighted by Gasteiger charge is 2.17. The number of rotatable bonds is 4. The number of carbonyl (C=O) groups excluding carboxylic acids is 1. The molecule has 5 nitrogen and oxygen atoms in total. The van der Waals surface area contributed by atoms with Gasteiger partial charge < -0.3 is 20.3 Å². The first-order valence-corrected chi connectivity index (χ1v) is 6.55. The van der Waals surface area contributed by atoms with Crippen LogP contribution in [0.5, 0.6) is 5.75 Å². The maximum atomic E-state index is 12.0. The lowest BCUT2D eigenvalue weighted by molar-refractivity contribution is -0.119. The highest BCUT2D eigenvalue weighted by molar-refractivity contribution is 5.93. The smallest absolute Gasteiger partial charge is 0.228 e. The van der Waals surface area contributed by atoms with Crippen LogP contribution in [0.25, 0.3) is 0 Å². The molecule has 0 saturated heterocycles. The van der Waals surface area contributed by atoms with E-state index in [4.69, 9.17) is 4.74 Å². The predicted octanol–water partition coefficient (Wildman–Crippen LogP) is 1.31. The van der Waals surface area contributed by atoms with Crippen LogP contribution in [0, 0.1) is 5.92 Å². The van der Waals surface area contributed by atoms with Crippen LogP contribution in [-0.2, 0) is 4.79 Å². The van der Waals surface area contributed by atoms with Crippen molar-refractivity contribution in [3.63, 3.8) is 0 Å². The van der Waals surface area contributed by atoms with Crippen molar-refractivity contribution >= 4 is 17.3 Å². The van der Waals surface area contributed by atoms with Gasteiger partial charge in [-0.25, -0.2) is 0 Å². The fourth-order valence-corrected chi connectivity index (χ4v) is 2.09. The SMILES string of the molecule is CNCC(C)C(=O)Nc1ccc2c(c1)N(C)CCO2. The van der Waals surface area contributed by atoms with Crippen molar-refractivity contribution in [1.82, 2.24) is 5.32 Å². The third kappa shape index (κ3) is 3.17. The monoisotopic (exact) mass is 263 g/mol. The summed E-state index contributed by atoms with van der Waals surface area (Å²) >= 11 is 0. The standard InChI is InChI=1S/C14H21N3O2/c1-10(9-15-2)14(18)16-11-4-5-13-12(8-11)17(3)6-7-19-13/h4-5,8,10,15H,6-7,9H2,1-3H3,(H,16,18). The van der Waals surface area contributed by atoms with E-state index in [1.165, 1.54) is 0 Å². The number of hydrogen-bond acceptors (Lipinski definition) is 4. The Morgan fingerprint density at radius 1 is 1.53 bits per heavy atom. The van der Waals surface area contributed by atoms with Crippen LogP contribution in [0.1, 0.15) is 6.92 Å². The van der Waals surface area contributed by atoms with Crippen LogP contribution in [0.15, 0.2) is 18.2 Å². The second-order valence-corrected chi connectivity index (χ2v) is 4.90. The fraction of sp³-hybridized carbons (Fsp3) is 0.500. The van der Waals surface area contributed by atoms with Crippen molar-refractivity contribution < 1.29 is 9.53 Å². The molecule has 1 unspecified atom stereocenters. The van der Waals surface area contributed by atoms with Gasteiger partial charge in [0.05, 0.1) is 12.2 Å². The van der Waals surface area contributed by atoms with Gasteiger partial charge in [-0.2, -0.15) is 0 Å². The van der Waals surface area contributed by atoms with Crippen LogP contribution in [-0.4, -0.2) is 39.7 Å². The molecule has 0 fully saturated rings. The second kappa shape index (κ2) is 5.93. The van der Waals surface area contributed by atoms with Gasteiger partial charge in [-0.15, -0.1) is 0 Å². The van der Waals surface area contributed by atoms with Crippen molar-refractivity contribution in [3.05, 3.63) is 18.2 Å². The van der Waals surface area contributed by atoms with Gasteiger partial charge in [0, 0.05) is 25.2 Å². The van der Waals surface area contributed by atoms with E-state index in [0.717, 1.165) is 23.7 Å². The minimum absolute atomic E-state index is 0.0219. The molecule has 2 rings (SSSR count). The summed E-state index contributed by atoms with van der Waals surface area (Å²) in [6.07, 6.45) is 0. The number of ether oxygens (including phenoxy) is 1. The number of amides is 1. The number of hydrogen-bond donors (Lipinski definition) is 2. The molecule has 19 heavy (non-hydrogen) atoms. The average Bonchev–Trinajstić information content (AvgIpc) is 2.40. The van der Waals surface area contributed by atoms with Crippen molar-refractivity contribution in [3.8, 4) is 5.75 Å². The van der Waals surface area contributed by atoms with E-state index in [9.17, 15) is 4.79 Å². The third-order valence-electron chi connectivity index (χ3n) is 3.28. The van der Waals surface area contributed by atoms with E-state index < -0.39 is 0 Å². The van der Waals surface area contributed by atoms with Crippen molar-refractivity contribution in [2.45, 2.75) is 6.92 Å². The Morgan fingerprint density at radius 2 is 2.32 bits per heavy atom. The van der Waals surface area contributed by atoms with Gasteiger partial charge in [-0.05, 0) is 25.2 Å². The molecular weight excluding hydrogens is 242 g/mol. The molecule has 0 spiro atoms. The van der Waals surface area contributed by atoms with Gasteiger partial charge in [-0.1, -0.05) is 6.92 Å². The second-order valence-electron chi connectivity index (χ2n) is 4.90. The van der Waals surface area contributed by atoms with Crippen molar-refractivity contribution in [2.75, 3.05) is 44.0 Å². The highest BCUT2D eigenvalue weighted by Crippen LogP contribution is 2.33. The van der Waals surface area contributed by atoms with Gasteiger partial charge in [0.25, 0.3) is 0 Å². The summed E-state index contributed by atoms with van der Waals surface area (Å²) in [5.74, 6) is 0.832. The lowest BCUT2D eigenvalue weighted by atomic mass is 10.1. The summed E-state index contributed by atoms with van der Waals surface area (Å²) in [6.45, 7) is 4.13. The number of fused-ring (bicyclic) bond motifs is 1. The number of likely N-dealkylation sites (N-methyl/N-ethyl adjacent to an activating group) is 1. The minimum Gasteiger partial charge on any atom is -0.490 e. The lowest BCUT2D eigenvalue weighted by Crippen LogP contribution is -2.30. The first-order chi connectivity index (χ1) is 9.11. The molecule has 0 bridgehead atoms. The molecule has 0 aromatic heterocycles. The molecule has 1 aliphatic rings. The number of anilines is 2. The Balaban J connectivity index is 2.09. The molecule has 1 aromatic rings. The molecule has 0 radical (unpaired) electrons. The van der Waals surface area contributed by atoms with Crippen molar-refractivity contribution in [2.24, 2.45) is 5.92 Å². The number of nitrogens with zero attached hydrogens (tertiary/aromatic N) is 1. The molecule has 5 heteroatoms. The van der Waals surface area contributed by atoms with E-state index in [-0.39, 0.29) is 11.8 Å². The van der Waals surface area contributed by atoms with E-state index in [1.54, 1.807) is 0 Å². The first kappa shape index (κ1) is 13.7. The lowest BCUT2D eigenvalue weighted by Gasteiger charge is -2.28. The van der Waals surface area contributed by atoms with Gasteiger partial charge in [0.15, 0.2) is 0 Å². The molecule has 104 valence electrons. The topological polar surface area (TPSA) is 53.6 Å². The molecule has 0 aliphatic carbocycles. The number of nitrogens with one attached hydrogen (secondary N) is 2. The summed E-state index contributed by atoms with van der Waals surface area (Å²) in [4.78, 5) is 14.1. The van der Waals surface area contributed by atoms with Gasteiger partial charge >= 0.3 is 0 Å². The zero-order chi connectivity index (χ0) is 13.8. The maximum Gasteiger partial charge on any atom is 0.228 e. The van der Waals surface area contributed by atoms with Gasteiger partial charge in [0.2, 0.25) is 5.91 Å². The molecule has 1 atom stereocenters. The zero-order valence-corrected chi connectivity index (χ0v) is 11.7. The Morgan fingerprint density at radius 3 is 3.05 bits per heavy atom. The summed E-state index contributed by atoms with van der Waals surface area (Å²) in [5.41, 5.74) is 1.83. The van der Waals surface area contributed by atoms with Crippen LogP contribution >= 0.6 is 0 Å². The van der Waals surface area contributed by atoms with E-state index in [0.29, 0.717) is 13.2 Å². The molecular formula is C14H21N3O2. The molecule has 1 aliphatic heterocycles. The van der Waals surface area contributed by atoms with E-state index >= 15 is 0 Å². The summed E-state index contributed by atoms with van der Waals surface area (Å²) in [5, 5.41) is 5.94.